The monoisotopic (exact) mass is 1280 g/mol. The molecule has 32 heteroatoms. The van der Waals surface area contributed by atoms with Crippen LogP contribution in [0, 0.1) is 18.3 Å². The number of carbonyl (C=O) groups excluding carboxylic acids is 9. The Labute approximate surface area is 521 Å². The van der Waals surface area contributed by atoms with Gasteiger partial charge in [0.1, 0.15) is 37.3 Å². The molecule has 90 heavy (non-hydrogen) atoms. The fourth-order valence-corrected chi connectivity index (χ4v) is 8.99. The first-order valence-electron chi connectivity index (χ1n) is 29.1. The lowest BCUT2D eigenvalue weighted by molar-refractivity contribution is -0.172. The lowest BCUT2D eigenvalue weighted by Gasteiger charge is -2.41. The van der Waals surface area contributed by atoms with E-state index in [1.165, 1.54) is 31.1 Å². The molecule has 2 saturated heterocycles. The van der Waals surface area contributed by atoms with Crippen molar-refractivity contribution in [3.8, 4) is 12.3 Å². The van der Waals surface area contributed by atoms with Gasteiger partial charge >= 0.3 is 42.3 Å². The minimum absolute atomic E-state index is 0.0000796. The van der Waals surface area contributed by atoms with Gasteiger partial charge in [0.2, 0.25) is 23.3 Å². The molecule has 4 rings (SSSR count). The molecule has 0 spiro atoms. The van der Waals surface area contributed by atoms with E-state index in [0.717, 1.165) is 7.11 Å². The van der Waals surface area contributed by atoms with E-state index in [4.69, 9.17) is 92.7 Å². The van der Waals surface area contributed by atoms with Crippen molar-refractivity contribution in [1.29, 1.82) is 0 Å². The number of amides is 3. The van der Waals surface area contributed by atoms with Crippen molar-refractivity contribution in [3.63, 3.8) is 0 Å². The molecular weight excluding hydrogens is 1200 g/mol. The highest BCUT2D eigenvalue weighted by Crippen LogP contribution is 2.34. The summed E-state index contributed by atoms with van der Waals surface area (Å²) in [6.45, 7) is 15.0. The van der Waals surface area contributed by atoms with Crippen LogP contribution in [0.1, 0.15) is 73.6 Å². The number of methoxy groups -OCH3 is 2. The van der Waals surface area contributed by atoms with Gasteiger partial charge in [0.25, 0.3) is 0 Å². The van der Waals surface area contributed by atoms with Crippen LogP contribution in [0.15, 0.2) is 41.1 Å². The Bertz CT molecular complexity index is 2540. The number of esters is 4. The summed E-state index contributed by atoms with van der Waals surface area (Å²) < 4.78 is 93.0. The lowest BCUT2D eigenvalue weighted by atomic mass is 9.87. The smallest absolute Gasteiger partial charge is 0.479 e. The van der Waals surface area contributed by atoms with Crippen molar-refractivity contribution in [3.05, 3.63) is 36.1 Å². The summed E-state index contributed by atoms with van der Waals surface area (Å²) in [5.74, 6) is -2.85. The van der Waals surface area contributed by atoms with Crippen molar-refractivity contribution in [2.75, 3.05) is 120 Å². The van der Waals surface area contributed by atoms with Crippen molar-refractivity contribution >= 4 is 59.9 Å². The zero-order chi connectivity index (χ0) is 66.2. The molecule has 0 saturated carbocycles. The van der Waals surface area contributed by atoms with Crippen LogP contribution >= 0.6 is 0 Å². The third-order valence-corrected chi connectivity index (χ3v) is 13.1. The predicted molar refractivity (Wildman–Crippen MR) is 309 cm³/mol. The average Bonchev–Trinajstić information content (AvgIpc) is 1.14. The lowest BCUT2D eigenvalue weighted by Crippen LogP contribution is -2.64. The number of amidine groups is 1. The number of rotatable bonds is 40. The maximum absolute atomic E-state index is 13.7. The summed E-state index contributed by atoms with van der Waals surface area (Å²) in [5.41, 5.74) is 5.01. The van der Waals surface area contributed by atoms with E-state index >= 15 is 0 Å². The van der Waals surface area contributed by atoms with E-state index in [9.17, 15) is 43.2 Å². The minimum atomic E-state index is -1.52. The predicted octanol–water partition coefficient (Wildman–Crippen LogP) is 1.14. The van der Waals surface area contributed by atoms with E-state index in [0.29, 0.717) is 26.4 Å². The average molecular weight is 1280 g/mol. The van der Waals surface area contributed by atoms with Crippen molar-refractivity contribution in [2.24, 2.45) is 16.6 Å². The third kappa shape index (κ3) is 27.0. The van der Waals surface area contributed by atoms with Crippen LogP contribution in [0.25, 0.3) is 0 Å². The number of hydrogen-bond acceptors (Lipinski definition) is 28. The van der Waals surface area contributed by atoms with Gasteiger partial charge in [-0.3, -0.25) is 29.5 Å². The van der Waals surface area contributed by atoms with Gasteiger partial charge in [0.15, 0.2) is 30.5 Å². The highest BCUT2D eigenvalue weighted by Gasteiger charge is 2.51. The molecule has 0 radical (unpaired) electrons. The van der Waals surface area contributed by atoms with Crippen LogP contribution in [0.5, 0.6) is 0 Å². The molecule has 4 aliphatic rings. The molecular formula is C58H86N6O26. The molecule has 0 aromatic carbocycles. The second-order valence-electron chi connectivity index (χ2n) is 21.3. The van der Waals surface area contributed by atoms with Gasteiger partial charge in [-0.25, -0.2) is 24.0 Å². The van der Waals surface area contributed by atoms with Gasteiger partial charge in [-0.05, 0) is 52.7 Å². The standard InChI is InChI=1S/C58H86N6O26/c1-11-19-76-25-27-80-29-30-81-28-26-79-22-16-45(66)64(17-23-77-20-12-14-46(67)88-50(43-33-82-56(72)86-43)49-35(2)39(60-36(3)59)31-41(84-49)53(69)74-9)18-24-78-21-13-15-47(68)89-51(44-34-83-57(73)87-44)52-48(63-38(5)65)40(32-42(85-52)54(70)75-10)61-37(4)62-55(71)90-58(6,7)8/h1,31-32,35,39-40,43-44,48-52,61H,4,12-30,33-34H2,2-3,5-10H3,(H2,59,60)(H,62,71)(H,63,65)/t35-,39+,40+,43-,44-,48-,49-,50-,51-,52-/m1/s1. The van der Waals surface area contributed by atoms with Crippen LogP contribution in [0.3, 0.4) is 0 Å². The first kappa shape index (κ1) is 74.5. The number of cyclic esters (lactones) is 4. The quantitative estimate of drug-likeness (QED) is 0.0167. The number of carbonyl (C=O) groups is 9. The van der Waals surface area contributed by atoms with Crippen LogP contribution < -0.4 is 21.7 Å². The number of alkyl carbamates (subject to hydrolysis) is 1. The van der Waals surface area contributed by atoms with Crippen molar-refractivity contribution in [1.82, 2.24) is 20.9 Å². The number of hydrogen-bond donors (Lipinski definition) is 4. The summed E-state index contributed by atoms with van der Waals surface area (Å²) in [5, 5.41) is 8.06. The van der Waals surface area contributed by atoms with E-state index < -0.39 is 127 Å². The molecule has 0 bridgehead atoms. The number of nitrogens with two attached hydrogens (primary N) is 1. The highest BCUT2D eigenvalue weighted by molar-refractivity contribution is 5.87. The Hall–Kier alpha value is -7.96. The summed E-state index contributed by atoms with van der Waals surface area (Å²) in [6, 6.07) is -3.00. The molecule has 0 unspecified atom stereocenters. The number of ether oxygens (including phenoxy) is 17. The van der Waals surface area contributed by atoms with Gasteiger partial charge in [0, 0.05) is 52.0 Å². The first-order valence-corrected chi connectivity index (χ1v) is 29.1. The van der Waals surface area contributed by atoms with E-state index in [1.807, 2.05) is 0 Å². The maximum Gasteiger partial charge on any atom is 0.508 e. The molecule has 504 valence electrons. The van der Waals surface area contributed by atoms with Crippen molar-refractivity contribution in [2.45, 2.75) is 134 Å². The summed E-state index contributed by atoms with van der Waals surface area (Å²) in [4.78, 5) is 122. The topological polar surface area (TPSA) is 388 Å². The van der Waals surface area contributed by atoms with E-state index in [2.05, 4.69) is 33.4 Å². The first-order chi connectivity index (χ1) is 42.9. The minimum Gasteiger partial charge on any atom is -0.479 e. The number of terminal acetylenes is 1. The van der Waals surface area contributed by atoms with Crippen LogP contribution in [-0.2, 0) is 109 Å². The highest BCUT2D eigenvalue weighted by atomic mass is 16.8. The van der Waals surface area contributed by atoms with Crippen molar-refractivity contribution < 1.29 is 124 Å². The fraction of sp³-hybridized carbons (Fsp3) is 0.690. The Balaban J connectivity index is 1.35. The molecule has 5 N–H and O–H groups in total. The second kappa shape index (κ2) is 39.2. The fourth-order valence-electron chi connectivity index (χ4n) is 8.99. The number of aliphatic imine (C=N–C) groups is 1. The van der Waals surface area contributed by atoms with Crippen LogP contribution in [0.4, 0.5) is 14.4 Å². The zero-order valence-corrected chi connectivity index (χ0v) is 52.1. The number of nitrogens with zero attached hydrogens (tertiary/aromatic N) is 2. The SMILES string of the molecule is C#CCOCCOCCOCCOCCC(=O)N(CCOCCCC(=O)O[C@@H]([C@@H]1OC(C(=O)OC)=C[C@H](N=C(C)N)[C@H]1C)[C@H]1COC(=O)O1)CCOCCCC(=O)O[C@@H]([C@@H]1OC(C(=O)OC)=C[C@H](NC(=C)NC(=O)OC(C)(C)C)[C@H]1NC(C)=O)[C@H]1COC(=O)O1. The van der Waals surface area contributed by atoms with Gasteiger partial charge in [-0.2, -0.15) is 0 Å². The molecule has 0 aromatic heterocycles. The summed E-state index contributed by atoms with van der Waals surface area (Å²) in [6.07, 6.45) is -2.91. The third-order valence-electron chi connectivity index (χ3n) is 13.1. The second-order valence-corrected chi connectivity index (χ2v) is 21.3. The molecule has 10 atom stereocenters. The normalized spacial score (nSPS) is 21.9. The van der Waals surface area contributed by atoms with Gasteiger partial charge in [-0.15, -0.1) is 6.42 Å². The maximum atomic E-state index is 13.7. The Morgan fingerprint density at radius 2 is 1.19 bits per heavy atom. The molecule has 4 aliphatic heterocycles. The van der Waals surface area contributed by atoms with Gasteiger partial charge < -0.3 is 102 Å². The molecule has 0 aromatic rings. The van der Waals surface area contributed by atoms with E-state index in [1.54, 1.807) is 34.6 Å². The Morgan fingerprint density at radius 1 is 0.700 bits per heavy atom. The Kier molecular flexibility index (Phi) is 32.5. The van der Waals surface area contributed by atoms with Crippen LogP contribution in [-0.4, -0.2) is 245 Å². The zero-order valence-electron chi connectivity index (χ0n) is 52.1. The Morgan fingerprint density at radius 3 is 1.67 bits per heavy atom. The molecule has 32 nitrogen and oxygen atoms in total. The summed E-state index contributed by atoms with van der Waals surface area (Å²) in [7, 11) is 2.26. The van der Waals surface area contributed by atoms with Crippen LogP contribution in [0.2, 0.25) is 0 Å². The van der Waals surface area contributed by atoms with E-state index in [-0.39, 0.29) is 128 Å². The number of nitrogens with one attached hydrogen (secondary N) is 3. The largest absolute Gasteiger partial charge is 0.508 e. The summed E-state index contributed by atoms with van der Waals surface area (Å²) >= 11 is 0. The van der Waals surface area contributed by atoms with Gasteiger partial charge in [-0.1, -0.05) is 19.4 Å². The molecule has 3 amide bonds. The molecule has 2 fully saturated rings. The molecule has 4 heterocycles. The van der Waals surface area contributed by atoms with Gasteiger partial charge in [0.05, 0.1) is 104 Å². The molecule has 0 aliphatic carbocycles.